The SMILES string of the molecule is O=C(OCc1nc(-c2cccnc2)no1)c1occc1CS(=O)(=O)c1ccccc1. The second-order valence-electron chi connectivity index (χ2n) is 6.18. The predicted molar refractivity (Wildman–Crippen MR) is 103 cm³/mol. The summed E-state index contributed by atoms with van der Waals surface area (Å²) < 4.78 is 40.5. The van der Waals surface area contributed by atoms with Gasteiger partial charge in [0.05, 0.1) is 16.9 Å². The van der Waals surface area contributed by atoms with Crippen LogP contribution < -0.4 is 0 Å². The fourth-order valence-corrected chi connectivity index (χ4v) is 4.04. The number of carbonyl (C=O) groups is 1. The summed E-state index contributed by atoms with van der Waals surface area (Å²) in [5, 5.41) is 3.81. The molecule has 0 spiro atoms. The quantitative estimate of drug-likeness (QED) is 0.411. The van der Waals surface area contributed by atoms with Crippen molar-refractivity contribution in [1.82, 2.24) is 15.1 Å². The van der Waals surface area contributed by atoms with Gasteiger partial charge < -0.3 is 13.7 Å². The molecule has 0 N–H and O–H groups in total. The highest BCUT2D eigenvalue weighted by Gasteiger charge is 2.24. The van der Waals surface area contributed by atoms with E-state index in [1.165, 1.54) is 24.5 Å². The van der Waals surface area contributed by atoms with Gasteiger partial charge in [0.2, 0.25) is 11.6 Å². The molecule has 4 aromatic rings. The van der Waals surface area contributed by atoms with E-state index >= 15 is 0 Å². The summed E-state index contributed by atoms with van der Waals surface area (Å²) >= 11 is 0. The molecular weight excluding hydrogens is 410 g/mol. The lowest BCUT2D eigenvalue weighted by Gasteiger charge is -2.05. The summed E-state index contributed by atoms with van der Waals surface area (Å²) in [5.41, 5.74) is 0.851. The van der Waals surface area contributed by atoms with Crippen LogP contribution in [0.3, 0.4) is 0 Å². The zero-order chi connectivity index (χ0) is 21.0. The third kappa shape index (κ3) is 4.28. The Morgan fingerprint density at radius 1 is 1.07 bits per heavy atom. The molecule has 0 aliphatic carbocycles. The first-order chi connectivity index (χ1) is 14.5. The Labute approximate surface area is 171 Å². The summed E-state index contributed by atoms with van der Waals surface area (Å²) in [5.74, 6) is -1.04. The minimum atomic E-state index is -3.65. The van der Waals surface area contributed by atoms with Crippen molar-refractivity contribution in [3.8, 4) is 11.4 Å². The molecule has 0 fully saturated rings. The number of furan rings is 1. The molecule has 152 valence electrons. The Balaban J connectivity index is 1.43. The first-order valence-electron chi connectivity index (χ1n) is 8.77. The van der Waals surface area contributed by atoms with Crippen molar-refractivity contribution in [3.05, 3.63) is 84.4 Å². The van der Waals surface area contributed by atoms with Crippen LogP contribution in [0.5, 0.6) is 0 Å². The van der Waals surface area contributed by atoms with Crippen molar-refractivity contribution in [2.24, 2.45) is 0 Å². The average Bonchev–Trinajstić information content (AvgIpc) is 3.43. The van der Waals surface area contributed by atoms with E-state index in [1.54, 1.807) is 42.7 Å². The van der Waals surface area contributed by atoms with E-state index < -0.39 is 21.6 Å². The first-order valence-corrected chi connectivity index (χ1v) is 10.4. The molecule has 0 atom stereocenters. The Morgan fingerprint density at radius 2 is 1.90 bits per heavy atom. The Hall–Kier alpha value is -3.79. The maximum atomic E-state index is 12.6. The standard InChI is InChI=1S/C20H15N3O6S/c24-20(28-12-17-22-19(23-29-17)14-5-4-9-21-11-14)18-15(8-10-27-18)13-30(25,26)16-6-2-1-3-7-16/h1-11H,12-13H2. The van der Waals surface area contributed by atoms with Gasteiger partial charge in [0.15, 0.2) is 16.4 Å². The molecule has 0 saturated heterocycles. The molecule has 3 heterocycles. The minimum absolute atomic E-state index is 0.0761. The van der Waals surface area contributed by atoms with Crippen molar-refractivity contribution in [2.45, 2.75) is 17.3 Å². The lowest BCUT2D eigenvalue weighted by Crippen LogP contribution is -2.10. The smallest absolute Gasteiger partial charge is 0.375 e. The number of carbonyl (C=O) groups excluding carboxylic acids is 1. The molecule has 0 bridgehead atoms. The van der Waals surface area contributed by atoms with Gasteiger partial charge in [-0.3, -0.25) is 4.98 Å². The first kappa shape index (κ1) is 19.5. The van der Waals surface area contributed by atoms with Crippen LogP contribution in [0.15, 0.2) is 81.0 Å². The Bertz CT molecular complexity index is 1250. The number of esters is 1. The maximum absolute atomic E-state index is 12.6. The summed E-state index contributed by atoms with van der Waals surface area (Å²) in [4.78, 5) is 20.6. The zero-order valence-corrected chi connectivity index (χ0v) is 16.3. The molecule has 3 aromatic heterocycles. The predicted octanol–water partition coefficient (Wildman–Crippen LogP) is 3.06. The van der Waals surface area contributed by atoms with E-state index in [-0.39, 0.29) is 28.7 Å². The number of benzene rings is 1. The third-order valence-electron chi connectivity index (χ3n) is 4.09. The lowest BCUT2D eigenvalue weighted by molar-refractivity contribution is 0.0392. The van der Waals surface area contributed by atoms with Crippen LogP contribution in [-0.2, 0) is 26.9 Å². The van der Waals surface area contributed by atoms with Crippen LogP contribution in [0.1, 0.15) is 22.0 Å². The average molecular weight is 425 g/mol. The summed E-state index contributed by atoms with van der Waals surface area (Å²) in [6, 6.07) is 12.9. The van der Waals surface area contributed by atoms with Gasteiger partial charge >= 0.3 is 5.97 Å². The van der Waals surface area contributed by atoms with Crippen molar-refractivity contribution in [2.75, 3.05) is 0 Å². The Kier molecular flexibility index (Phi) is 5.40. The molecule has 0 aliphatic heterocycles. The van der Waals surface area contributed by atoms with Gasteiger partial charge in [-0.25, -0.2) is 13.2 Å². The topological polar surface area (TPSA) is 125 Å². The number of hydrogen-bond acceptors (Lipinski definition) is 9. The van der Waals surface area contributed by atoms with Crippen molar-refractivity contribution in [1.29, 1.82) is 0 Å². The highest BCUT2D eigenvalue weighted by molar-refractivity contribution is 7.90. The minimum Gasteiger partial charge on any atom is -0.457 e. The van der Waals surface area contributed by atoms with Gasteiger partial charge in [-0.15, -0.1) is 0 Å². The number of rotatable bonds is 7. The van der Waals surface area contributed by atoms with Crippen LogP contribution in [-0.4, -0.2) is 29.5 Å². The van der Waals surface area contributed by atoms with Gasteiger partial charge in [-0.05, 0) is 30.3 Å². The van der Waals surface area contributed by atoms with E-state index in [0.29, 0.717) is 11.4 Å². The summed E-state index contributed by atoms with van der Waals surface area (Å²) in [6.07, 6.45) is 4.42. The largest absolute Gasteiger partial charge is 0.457 e. The molecule has 30 heavy (non-hydrogen) atoms. The zero-order valence-electron chi connectivity index (χ0n) is 15.5. The van der Waals surface area contributed by atoms with Gasteiger partial charge in [0, 0.05) is 23.5 Å². The van der Waals surface area contributed by atoms with Gasteiger partial charge in [0.25, 0.3) is 5.89 Å². The number of ether oxygens (including phenoxy) is 1. The monoisotopic (exact) mass is 425 g/mol. The van der Waals surface area contributed by atoms with Gasteiger partial charge in [-0.1, -0.05) is 23.4 Å². The fraction of sp³-hybridized carbons (Fsp3) is 0.100. The molecule has 0 radical (unpaired) electrons. The van der Waals surface area contributed by atoms with Crippen molar-refractivity contribution >= 4 is 15.8 Å². The van der Waals surface area contributed by atoms with Crippen molar-refractivity contribution < 1.29 is 26.9 Å². The summed E-state index contributed by atoms with van der Waals surface area (Å²) in [6.45, 7) is -0.294. The number of hydrogen-bond donors (Lipinski definition) is 0. The van der Waals surface area contributed by atoms with E-state index in [9.17, 15) is 13.2 Å². The van der Waals surface area contributed by atoms with Crippen molar-refractivity contribution in [3.63, 3.8) is 0 Å². The molecule has 9 nitrogen and oxygen atoms in total. The highest BCUT2D eigenvalue weighted by atomic mass is 32.2. The molecule has 1 aromatic carbocycles. The molecule has 0 saturated carbocycles. The van der Waals surface area contributed by atoms with E-state index in [4.69, 9.17) is 13.7 Å². The molecule has 4 rings (SSSR count). The number of aromatic nitrogens is 3. The maximum Gasteiger partial charge on any atom is 0.375 e. The second-order valence-corrected chi connectivity index (χ2v) is 8.17. The van der Waals surface area contributed by atoms with E-state index in [1.807, 2.05) is 0 Å². The highest BCUT2D eigenvalue weighted by Crippen LogP contribution is 2.21. The molecule has 0 amide bonds. The van der Waals surface area contributed by atoms with Gasteiger partial charge in [-0.2, -0.15) is 4.98 Å². The normalized spacial score (nSPS) is 11.3. The molecular formula is C20H15N3O6S. The van der Waals surface area contributed by atoms with E-state index in [2.05, 4.69) is 15.1 Å². The van der Waals surface area contributed by atoms with Gasteiger partial charge in [0.1, 0.15) is 0 Å². The van der Waals surface area contributed by atoms with Crippen LogP contribution >= 0.6 is 0 Å². The fourth-order valence-electron chi connectivity index (χ4n) is 2.66. The van der Waals surface area contributed by atoms with Crippen LogP contribution in [0, 0.1) is 0 Å². The lowest BCUT2D eigenvalue weighted by atomic mass is 10.3. The Morgan fingerprint density at radius 3 is 2.67 bits per heavy atom. The second kappa shape index (κ2) is 8.29. The van der Waals surface area contributed by atoms with Crippen LogP contribution in [0.2, 0.25) is 0 Å². The molecule has 0 aliphatic rings. The molecule has 10 heteroatoms. The van der Waals surface area contributed by atoms with E-state index in [0.717, 1.165) is 0 Å². The summed E-state index contributed by atoms with van der Waals surface area (Å²) in [7, 11) is -3.65. The molecule has 0 unspecified atom stereocenters. The number of pyridine rings is 1. The van der Waals surface area contributed by atoms with Crippen LogP contribution in [0.25, 0.3) is 11.4 Å². The van der Waals surface area contributed by atoms with Crippen LogP contribution in [0.4, 0.5) is 0 Å². The number of sulfone groups is 1. The third-order valence-corrected chi connectivity index (χ3v) is 5.78. The number of nitrogens with zero attached hydrogens (tertiary/aromatic N) is 3.